The minimum atomic E-state index is -0.223. The molecule has 1 heterocycles. The Balaban J connectivity index is 2.02. The first-order valence-electron chi connectivity index (χ1n) is 6.23. The molecule has 2 bridgehead atoms. The molecule has 3 unspecified atom stereocenters. The maximum atomic E-state index is 12.3. The Labute approximate surface area is 102 Å². The highest BCUT2D eigenvalue weighted by molar-refractivity contribution is 7.80. The highest BCUT2D eigenvalue weighted by Crippen LogP contribution is 2.38. The third-order valence-corrected chi connectivity index (χ3v) is 4.20. The average Bonchev–Trinajstić information content (AvgIpc) is 2.86. The maximum absolute atomic E-state index is 12.3. The van der Waals surface area contributed by atoms with Gasteiger partial charge in [0.15, 0.2) is 0 Å². The Bertz CT molecular complexity index is 305. The van der Waals surface area contributed by atoms with Crippen LogP contribution in [0.5, 0.6) is 0 Å². The first kappa shape index (κ1) is 11.8. The van der Waals surface area contributed by atoms with E-state index in [1.807, 2.05) is 4.90 Å². The van der Waals surface area contributed by atoms with Gasteiger partial charge in [-0.1, -0.05) is 25.6 Å². The summed E-state index contributed by atoms with van der Waals surface area (Å²) in [4.78, 5) is 14.7. The number of nitrogens with two attached hydrogens (primary N) is 1. The number of fused-ring (bicyclic) bond motifs is 2. The van der Waals surface area contributed by atoms with E-state index in [4.69, 9.17) is 18.0 Å². The minimum Gasteiger partial charge on any atom is -0.393 e. The van der Waals surface area contributed by atoms with E-state index < -0.39 is 0 Å². The molecule has 1 aliphatic heterocycles. The van der Waals surface area contributed by atoms with Gasteiger partial charge in [-0.2, -0.15) is 0 Å². The molecule has 1 aliphatic carbocycles. The molecule has 90 valence electrons. The molecule has 1 saturated carbocycles. The zero-order chi connectivity index (χ0) is 11.7. The molecule has 1 amide bonds. The third kappa shape index (κ3) is 2.08. The second-order valence-electron chi connectivity index (χ2n) is 5.07. The van der Waals surface area contributed by atoms with Gasteiger partial charge in [-0.15, -0.1) is 0 Å². The van der Waals surface area contributed by atoms with Crippen molar-refractivity contribution in [2.24, 2.45) is 17.6 Å². The summed E-state index contributed by atoms with van der Waals surface area (Å²) in [6.45, 7) is 3.00. The van der Waals surface area contributed by atoms with Crippen molar-refractivity contribution in [2.45, 2.75) is 45.1 Å². The molecule has 2 rings (SSSR count). The number of carbonyl (C=O) groups is 1. The average molecular weight is 240 g/mol. The Morgan fingerprint density at radius 1 is 1.56 bits per heavy atom. The lowest BCUT2D eigenvalue weighted by Crippen LogP contribution is -2.44. The van der Waals surface area contributed by atoms with Crippen molar-refractivity contribution in [3.05, 3.63) is 0 Å². The van der Waals surface area contributed by atoms with E-state index in [1.54, 1.807) is 0 Å². The zero-order valence-corrected chi connectivity index (χ0v) is 10.6. The van der Waals surface area contributed by atoms with E-state index >= 15 is 0 Å². The molecule has 1 saturated heterocycles. The predicted molar refractivity (Wildman–Crippen MR) is 68.0 cm³/mol. The molecule has 0 spiro atoms. The number of amides is 1. The van der Waals surface area contributed by atoms with Crippen molar-refractivity contribution in [1.82, 2.24) is 4.90 Å². The van der Waals surface area contributed by atoms with Crippen LogP contribution < -0.4 is 5.73 Å². The lowest BCUT2D eigenvalue weighted by molar-refractivity contribution is -0.135. The van der Waals surface area contributed by atoms with Gasteiger partial charge in [-0.25, -0.2) is 0 Å². The fourth-order valence-electron chi connectivity index (χ4n) is 3.07. The standard InChI is InChI=1S/C12H20N2OS/c1-2-3-10(11(13)16)12(15)14-7-8-4-5-9(14)6-8/h8-10H,2-7H2,1H3,(H2,13,16). The highest BCUT2D eigenvalue weighted by Gasteiger charge is 2.42. The summed E-state index contributed by atoms with van der Waals surface area (Å²) in [5.41, 5.74) is 5.67. The largest absolute Gasteiger partial charge is 0.393 e. The van der Waals surface area contributed by atoms with E-state index in [0.717, 1.165) is 25.3 Å². The highest BCUT2D eigenvalue weighted by atomic mass is 32.1. The first-order valence-corrected chi connectivity index (χ1v) is 6.64. The Morgan fingerprint density at radius 2 is 2.31 bits per heavy atom. The Morgan fingerprint density at radius 3 is 2.75 bits per heavy atom. The third-order valence-electron chi connectivity index (χ3n) is 3.91. The second kappa shape index (κ2) is 4.70. The van der Waals surface area contributed by atoms with Crippen molar-refractivity contribution < 1.29 is 4.79 Å². The quantitative estimate of drug-likeness (QED) is 0.761. The molecular weight excluding hydrogens is 220 g/mol. The zero-order valence-electron chi connectivity index (χ0n) is 9.82. The number of piperidine rings is 1. The summed E-state index contributed by atoms with van der Waals surface area (Å²) in [5, 5.41) is 0. The molecule has 3 atom stereocenters. The van der Waals surface area contributed by atoms with Gasteiger partial charge in [0.2, 0.25) is 5.91 Å². The Kier molecular flexibility index (Phi) is 3.47. The number of rotatable bonds is 4. The van der Waals surface area contributed by atoms with E-state index in [2.05, 4.69) is 6.92 Å². The van der Waals surface area contributed by atoms with Crippen molar-refractivity contribution in [3.8, 4) is 0 Å². The maximum Gasteiger partial charge on any atom is 0.232 e. The van der Waals surface area contributed by atoms with Crippen LogP contribution in [0.3, 0.4) is 0 Å². The molecule has 2 fully saturated rings. The van der Waals surface area contributed by atoms with Crippen LogP contribution in [0, 0.1) is 11.8 Å². The lowest BCUT2D eigenvalue weighted by Gasteiger charge is -2.30. The summed E-state index contributed by atoms with van der Waals surface area (Å²) in [7, 11) is 0. The molecule has 0 aromatic rings. The van der Waals surface area contributed by atoms with Crippen LogP contribution in [0.1, 0.15) is 39.0 Å². The molecule has 2 aliphatic rings. The van der Waals surface area contributed by atoms with Gasteiger partial charge in [0.1, 0.15) is 0 Å². The van der Waals surface area contributed by atoms with Crippen LogP contribution in [-0.4, -0.2) is 28.4 Å². The SMILES string of the molecule is CCCC(C(=O)N1CC2CCC1C2)C(N)=S. The van der Waals surface area contributed by atoms with Crippen LogP contribution in [0.2, 0.25) is 0 Å². The number of hydrogen-bond donors (Lipinski definition) is 1. The second-order valence-corrected chi connectivity index (χ2v) is 5.54. The van der Waals surface area contributed by atoms with Gasteiger partial charge in [0, 0.05) is 12.6 Å². The molecule has 3 nitrogen and oxygen atoms in total. The van der Waals surface area contributed by atoms with Crippen LogP contribution in [0.15, 0.2) is 0 Å². The number of hydrogen-bond acceptors (Lipinski definition) is 2. The molecule has 0 radical (unpaired) electrons. The summed E-state index contributed by atoms with van der Waals surface area (Å²) < 4.78 is 0. The van der Waals surface area contributed by atoms with Gasteiger partial charge in [0.05, 0.1) is 10.9 Å². The van der Waals surface area contributed by atoms with Crippen LogP contribution in [-0.2, 0) is 4.79 Å². The molecule has 0 aromatic carbocycles. The van der Waals surface area contributed by atoms with Gasteiger partial charge in [-0.3, -0.25) is 4.79 Å². The molecule has 2 N–H and O–H groups in total. The molecular formula is C12H20N2OS. The Hall–Kier alpha value is -0.640. The minimum absolute atomic E-state index is 0.182. The van der Waals surface area contributed by atoms with Crippen LogP contribution >= 0.6 is 12.2 Å². The molecule has 4 heteroatoms. The number of carbonyl (C=O) groups excluding carboxylic acids is 1. The fourth-order valence-corrected chi connectivity index (χ4v) is 3.29. The van der Waals surface area contributed by atoms with Crippen LogP contribution in [0.4, 0.5) is 0 Å². The number of thiocarbonyl (C=S) groups is 1. The number of likely N-dealkylation sites (tertiary alicyclic amines) is 1. The first-order chi connectivity index (χ1) is 7.63. The predicted octanol–water partition coefficient (Wildman–Crippen LogP) is 1.70. The number of nitrogens with zero attached hydrogens (tertiary/aromatic N) is 1. The van der Waals surface area contributed by atoms with Gasteiger partial charge in [-0.05, 0) is 31.6 Å². The molecule has 0 aromatic heterocycles. The normalized spacial score (nSPS) is 29.4. The molecule has 16 heavy (non-hydrogen) atoms. The van der Waals surface area contributed by atoms with Crippen LogP contribution in [0.25, 0.3) is 0 Å². The van der Waals surface area contributed by atoms with Crippen molar-refractivity contribution in [1.29, 1.82) is 0 Å². The van der Waals surface area contributed by atoms with Crippen molar-refractivity contribution in [3.63, 3.8) is 0 Å². The summed E-state index contributed by atoms with van der Waals surface area (Å²) >= 11 is 5.01. The fraction of sp³-hybridized carbons (Fsp3) is 0.833. The van der Waals surface area contributed by atoms with Gasteiger partial charge < -0.3 is 10.6 Å². The monoisotopic (exact) mass is 240 g/mol. The van der Waals surface area contributed by atoms with E-state index in [-0.39, 0.29) is 11.8 Å². The van der Waals surface area contributed by atoms with Crippen molar-refractivity contribution >= 4 is 23.1 Å². The summed E-state index contributed by atoms with van der Waals surface area (Å²) in [6, 6.07) is 0.478. The van der Waals surface area contributed by atoms with Gasteiger partial charge in [0.25, 0.3) is 0 Å². The van der Waals surface area contributed by atoms with E-state index in [9.17, 15) is 4.79 Å². The summed E-state index contributed by atoms with van der Waals surface area (Å²) in [6.07, 6.45) is 5.41. The van der Waals surface area contributed by atoms with E-state index in [0.29, 0.717) is 11.0 Å². The van der Waals surface area contributed by atoms with Gasteiger partial charge >= 0.3 is 0 Å². The van der Waals surface area contributed by atoms with E-state index in [1.165, 1.54) is 19.3 Å². The lowest BCUT2D eigenvalue weighted by atomic mass is 10.0. The topological polar surface area (TPSA) is 46.3 Å². The van der Waals surface area contributed by atoms with Crippen molar-refractivity contribution in [2.75, 3.05) is 6.54 Å². The summed E-state index contributed by atoms with van der Waals surface area (Å²) in [5.74, 6) is 0.698. The smallest absolute Gasteiger partial charge is 0.232 e.